The van der Waals surface area contributed by atoms with Crippen LogP contribution in [0.1, 0.15) is 41.8 Å². The van der Waals surface area contributed by atoms with Crippen LogP contribution < -0.4 is 14.2 Å². The maximum atomic E-state index is 13.7. The van der Waals surface area contributed by atoms with E-state index in [9.17, 15) is 14.4 Å². The maximum Gasteiger partial charge on any atom is 0.348 e. The Morgan fingerprint density at radius 3 is 2.54 bits per heavy atom. The van der Waals surface area contributed by atoms with E-state index in [1.54, 1.807) is 29.2 Å². The summed E-state index contributed by atoms with van der Waals surface area (Å²) in [6.07, 6.45) is 2.40. The Morgan fingerprint density at radius 2 is 1.86 bits per heavy atom. The summed E-state index contributed by atoms with van der Waals surface area (Å²) in [5.74, 6) is 0.657. The van der Waals surface area contributed by atoms with Gasteiger partial charge in [-0.15, -0.1) is 11.3 Å². The van der Waals surface area contributed by atoms with E-state index >= 15 is 0 Å². The second-order valence-corrected chi connectivity index (χ2v) is 9.87. The van der Waals surface area contributed by atoms with E-state index in [4.69, 9.17) is 18.9 Å². The van der Waals surface area contributed by atoms with Crippen LogP contribution in [0.4, 0.5) is 0 Å². The summed E-state index contributed by atoms with van der Waals surface area (Å²) in [6, 6.07) is 5.29. The molecule has 1 saturated heterocycles. The van der Waals surface area contributed by atoms with Gasteiger partial charge in [0.2, 0.25) is 5.75 Å². The number of nitrogens with one attached hydrogen (secondary N) is 1. The number of ketones is 1. The molecule has 6 rings (SSSR count). The van der Waals surface area contributed by atoms with Crippen LogP contribution in [-0.4, -0.2) is 62.5 Å². The lowest BCUT2D eigenvalue weighted by Gasteiger charge is -2.27. The fourth-order valence-electron chi connectivity index (χ4n) is 5.59. The molecule has 1 aliphatic heterocycles. The summed E-state index contributed by atoms with van der Waals surface area (Å²) in [5, 5.41) is 0.735. The number of thiophene rings is 1. The van der Waals surface area contributed by atoms with Crippen molar-refractivity contribution < 1.29 is 33.3 Å². The molecule has 1 N–H and O–H groups in total. The number of hydrogen-bond acceptors (Lipinski definition) is 8. The lowest BCUT2D eigenvalue weighted by atomic mass is 9.86. The second kappa shape index (κ2) is 7.35. The van der Waals surface area contributed by atoms with Gasteiger partial charge in [-0.3, -0.25) is 9.59 Å². The summed E-state index contributed by atoms with van der Waals surface area (Å²) in [7, 11) is 5.90. The van der Waals surface area contributed by atoms with Crippen molar-refractivity contribution >= 4 is 39.9 Å². The summed E-state index contributed by atoms with van der Waals surface area (Å²) < 4.78 is 21.3. The normalized spacial score (nSPS) is 21.7. The van der Waals surface area contributed by atoms with Crippen molar-refractivity contribution in [3.63, 3.8) is 0 Å². The number of methoxy groups -OCH3 is 4. The monoisotopic (exact) mass is 494 g/mol. The third-order valence-electron chi connectivity index (χ3n) is 7.24. The first kappa shape index (κ1) is 21.7. The van der Waals surface area contributed by atoms with E-state index in [-0.39, 0.29) is 17.6 Å². The molecular weight excluding hydrogens is 472 g/mol. The zero-order valence-corrected chi connectivity index (χ0v) is 20.3. The number of nitrogens with zero attached hydrogens (tertiary/aromatic N) is 1. The van der Waals surface area contributed by atoms with E-state index in [0.29, 0.717) is 50.5 Å². The zero-order valence-electron chi connectivity index (χ0n) is 19.5. The molecule has 2 fully saturated rings. The number of ether oxygens (including phenoxy) is 4. The topological polar surface area (TPSA) is 107 Å². The zero-order chi connectivity index (χ0) is 24.6. The van der Waals surface area contributed by atoms with E-state index in [1.807, 2.05) is 0 Å². The number of aromatic amines is 1. The van der Waals surface area contributed by atoms with E-state index < -0.39 is 11.4 Å². The van der Waals surface area contributed by atoms with Crippen molar-refractivity contribution in [3.05, 3.63) is 51.0 Å². The highest BCUT2D eigenvalue weighted by Crippen LogP contribution is 2.67. The minimum Gasteiger partial charge on any atom is -0.493 e. The van der Waals surface area contributed by atoms with Crippen LogP contribution in [0.2, 0.25) is 0 Å². The van der Waals surface area contributed by atoms with Gasteiger partial charge in [0.05, 0.1) is 38.8 Å². The van der Waals surface area contributed by atoms with Crippen molar-refractivity contribution in [2.75, 3.05) is 35.0 Å². The molecule has 2 atom stereocenters. The Bertz CT molecular complexity index is 1480. The lowest BCUT2D eigenvalue weighted by Crippen LogP contribution is -2.33. The highest BCUT2D eigenvalue weighted by atomic mass is 32.1. The van der Waals surface area contributed by atoms with Gasteiger partial charge in [-0.05, 0) is 36.1 Å². The van der Waals surface area contributed by atoms with Crippen molar-refractivity contribution in [2.45, 2.75) is 11.8 Å². The number of esters is 1. The smallest absolute Gasteiger partial charge is 0.348 e. The second-order valence-electron chi connectivity index (χ2n) is 8.82. The molecule has 1 aromatic carbocycles. The molecule has 1 amide bonds. The molecule has 1 spiro atoms. The van der Waals surface area contributed by atoms with Crippen LogP contribution in [0, 0.1) is 5.92 Å². The van der Waals surface area contributed by atoms with Crippen LogP contribution in [-0.2, 0) is 10.2 Å². The van der Waals surface area contributed by atoms with Gasteiger partial charge in [0.1, 0.15) is 10.6 Å². The predicted molar refractivity (Wildman–Crippen MR) is 127 cm³/mol. The molecule has 1 saturated carbocycles. The molecule has 3 aliphatic rings. The first-order chi connectivity index (χ1) is 16.9. The van der Waals surface area contributed by atoms with E-state index in [0.717, 1.165) is 28.7 Å². The standard InChI is InChI=1S/C25H22N2O7S/c1-31-16-6-11-5-14(26-19(11)21(33-3)20(16)32-2)23(29)27-10-12-9-25(12)13-7-17(24(30)34-4)35-22(13)15(28)8-18(25)27/h5-8,12,26H,9-10H2,1-4H3/t12-,25-/m0/s1. The molecule has 9 nitrogen and oxygen atoms in total. The number of amides is 1. The number of hydrogen-bond donors (Lipinski definition) is 1. The highest BCUT2D eigenvalue weighted by Gasteiger charge is 2.67. The molecule has 0 radical (unpaired) electrons. The van der Waals surface area contributed by atoms with Gasteiger partial charge >= 0.3 is 5.97 Å². The maximum absolute atomic E-state index is 13.7. The van der Waals surface area contributed by atoms with Crippen LogP contribution in [0.15, 0.2) is 30.0 Å². The molecule has 2 aromatic heterocycles. The molecule has 0 bridgehead atoms. The van der Waals surface area contributed by atoms with Crippen molar-refractivity contribution in [1.29, 1.82) is 0 Å². The van der Waals surface area contributed by atoms with Gasteiger partial charge < -0.3 is 28.8 Å². The fraction of sp³-hybridized carbons (Fsp3) is 0.320. The molecular formula is C25H22N2O7S. The number of carbonyl (C=O) groups is 3. The van der Waals surface area contributed by atoms with Crippen LogP contribution in [0.5, 0.6) is 17.2 Å². The minimum atomic E-state index is -0.462. The Kier molecular flexibility index (Phi) is 4.56. The van der Waals surface area contributed by atoms with Gasteiger partial charge in [0.25, 0.3) is 5.91 Å². The Labute approximate surface area is 204 Å². The largest absolute Gasteiger partial charge is 0.493 e. The Morgan fingerprint density at radius 1 is 1.09 bits per heavy atom. The average molecular weight is 495 g/mol. The summed E-state index contributed by atoms with van der Waals surface area (Å²) in [6.45, 7) is 0.500. The first-order valence-corrected chi connectivity index (χ1v) is 11.8. The predicted octanol–water partition coefficient (Wildman–Crippen LogP) is 3.54. The Hall–Kier alpha value is -3.79. The molecule has 3 aromatic rings. The number of piperidine rings is 1. The van der Waals surface area contributed by atoms with Crippen molar-refractivity contribution in [3.8, 4) is 17.2 Å². The van der Waals surface area contributed by atoms with Gasteiger partial charge in [-0.25, -0.2) is 4.79 Å². The third-order valence-corrected chi connectivity index (χ3v) is 8.37. The number of aromatic nitrogens is 1. The summed E-state index contributed by atoms with van der Waals surface area (Å²) in [4.78, 5) is 44.6. The van der Waals surface area contributed by atoms with Crippen molar-refractivity contribution in [1.82, 2.24) is 9.88 Å². The SMILES string of the molecule is COC(=O)c1cc2c(s1)C(=O)C=C1N(C(=O)c3cc4cc(OC)c(OC)c(OC)c4[nH]3)C[C@@H]3C[C@@]123. The lowest BCUT2D eigenvalue weighted by molar-refractivity contribution is 0.0605. The van der Waals surface area contributed by atoms with Gasteiger partial charge in [0.15, 0.2) is 17.3 Å². The van der Waals surface area contributed by atoms with E-state index in [2.05, 4.69) is 4.98 Å². The fourth-order valence-corrected chi connectivity index (χ4v) is 6.67. The molecule has 2 aliphatic carbocycles. The average Bonchev–Trinajstić information content (AvgIpc) is 3.21. The van der Waals surface area contributed by atoms with Crippen LogP contribution in [0.3, 0.4) is 0 Å². The van der Waals surface area contributed by atoms with Crippen LogP contribution in [0.25, 0.3) is 10.9 Å². The Balaban J connectivity index is 1.40. The highest BCUT2D eigenvalue weighted by molar-refractivity contribution is 7.16. The van der Waals surface area contributed by atoms with Gasteiger partial charge in [-0.2, -0.15) is 0 Å². The number of fused-ring (bicyclic) bond motifs is 2. The number of benzene rings is 1. The summed E-state index contributed by atoms with van der Waals surface area (Å²) in [5.41, 5.74) is 2.10. The van der Waals surface area contributed by atoms with Crippen molar-refractivity contribution in [2.24, 2.45) is 5.92 Å². The number of allylic oxidation sites excluding steroid dienone is 2. The molecule has 10 heteroatoms. The van der Waals surface area contributed by atoms with E-state index in [1.165, 1.54) is 28.4 Å². The number of rotatable bonds is 5. The third kappa shape index (κ3) is 2.77. The van der Waals surface area contributed by atoms with Gasteiger partial charge in [-0.1, -0.05) is 0 Å². The summed E-state index contributed by atoms with van der Waals surface area (Å²) >= 11 is 1.15. The number of H-pyrrole nitrogens is 1. The van der Waals surface area contributed by atoms with Gasteiger partial charge in [0, 0.05) is 29.1 Å². The quantitative estimate of drug-likeness (QED) is 0.541. The molecule has 180 valence electrons. The molecule has 0 unspecified atom stereocenters. The molecule has 3 heterocycles. The van der Waals surface area contributed by atoms with Crippen LogP contribution >= 0.6 is 11.3 Å². The first-order valence-electron chi connectivity index (χ1n) is 11.0. The minimum absolute atomic E-state index is 0.195. The molecule has 35 heavy (non-hydrogen) atoms. The number of likely N-dealkylation sites (tertiary alicyclic amines) is 1. The number of carbonyl (C=O) groups excluding carboxylic acids is 3.